The van der Waals surface area contributed by atoms with E-state index in [0.717, 1.165) is 41.4 Å². The van der Waals surface area contributed by atoms with Crippen molar-refractivity contribution in [1.82, 2.24) is 9.29 Å². The van der Waals surface area contributed by atoms with E-state index in [1.807, 2.05) is 42.5 Å². The number of aliphatic imine (C=N–C) groups is 1. The van der Waals surface area contributed by atoms with Gasteiger partial charge in [0.05, 0.1) is 5.69 Å². The van der Waals surface area contributed by atoms with Gasteiger partial charge >= 0.3 is 11.4 Å². The Balaban J connectivity index is 1.41. The predicted octanol–water partition coefficient (Wildman–Crippen LogP) is 7.44. The van der Waals surface area contributed by atoms with Crippen molar-refractivity contribution in [3.05, 3.63) is 114 Å². The van der Waals surface area contributed by atoms with Gasteiger partial charge in [-0.1, -0.05) is 60.7 Å². The molecule has 1 unspecified atom stereocenters. The number of aromatic nitrogens is 1. The second-order valence-electron chi connectivity index (χ2n) is 9.06. The van der Waals surface area contributed by atoms with Crippen LogP contribution in [0.1, 0.15) is 18.9 Å². The van der Waals surface area contributed by atoms with Gasteiger partial charge in [0.2, 0.25) is 4.90 Å². The van der Waals surface area contributed by atoms with E-state index >= 15 is 0 Å². The Hall–Kier alpha value is -4.00. The molecule has 5 aromatic rings. The molecule has 0 spiro atoms. The summed E-state index contributed by atoms with van der Waals surface area (Å²) in [5, 5.41) is 6.03. The average molecular weight is 506 g/mol. The number of hydrogen-bond donors (Lipinski definition) is 3. The number of fused-ring (bicyclic) bond motifs is 4. The monoisotopic (exact) mass is 505 g/mol. The molecule has 0 saturated heterocycles. The van der Waals surface area contributed by atoms with Crippen LogP contribution in [0.4, 0.5) is 11.4 Å². The van der Waals surface area contributed by atoms with Crippen LogP contribution in [0.2, 0.25) is 0 Å². The largest absolute Gasteiger partial charge is 0.341 e. The SMILES string of the molecule is CCn1c2ccccc2c2cc(NC3=Nc4ccccc4CC/C=C\3N[S+](O)c3ccccc3)ccc21. The van der Waals surface area contributed by atoms with E-state index in [0.29, 0.717) is 5.84 Å². The first-order valence-electron chi connectivity index (χ1n) is 12.6. The van der Waals surface area contributed by atoms with Crippen LogP contribution in [0.5, 0.6) is 0 Å². The minimum Gasteiger partial charge on any atom is -0.341 e. The Morgan fingerprint density at radius 3 is 2.49 bits per heavy atom. The zero-order valence-corrected chi connectivity index (χ0v) is 21.5. The van der Waals surface area contributed by atoms with Crippen LogP contribution in [0, 0.1) is 0 Å². The number of para-hydroxylation sites is 2. The molecule has 1 atom stereocenters. The molecule has 0 bridgehead atoms. The van der Waals surface area contributed by atoms with Crippen molar-refractivity contribution in [2.45, 2.75) is 31.2 Å². The second kappa shape index (κ2) is 10.2. The minimum atomic E-state index is -1.16. The maximum Gasteiger partial charge on any atom is 0.303 e. The molecular formula is C31H29N4OS+. The van der Waals surface area contributed by atoms with E-state index in [2.05, 4.69) is 82.2 Å². The summed E-state index contributed by atoms with van der Waals surface area (Å²) in [4.78, 5) is 5.88. The molecule has 2 heterocycles. The highest BCUT2D eigenvalue weighted by molar-refractivity contribution is 7.89. The van der Waals surface area contributed by atoms with E-state index in [9.17, 15) is 4.55 Å². The maximum atomic E-state index is 11.0. The molecule has 0 saturated carbocycles. The van der Waals surface area contributed by atoms with Crippen molar-refractivity contribution in [2.24, 2.45) is 4.99 Å². The van der Waals surface area contributed by atoms with Crippen LogP contribution in [-0.4, -0.2) is 15.0 Å². The summed E-state index contributed by atoms with van der Waals surface area (Å²) < 4.78 is 16.7. The van der Waals surface area contributed by atoms with Gasteiger partial charge in [-0.2, -0.15) is 9.27 Å². The molecule has 1 aromatic heterocycles. The summed E-state index contributed by atoms with van der Waals surface area (Å²) in [5.41, 5.74) is 6.36. The van der Waals surface area contributed by atoms with E-state index in [-0.39, 0.29) is 0 Å². The van der Waals surface area contributed by atoms with Gasteiger partial charge in [0.15, 0.2) is 5.84 Å². The smallest absolute Gasteiger partial charge is 0.303 e. The summed E-state index contributed by atoms with van der Waals surface area (Å²) in [6, 6.07) is 33.0. The fraction of sp³-hybridized carbons (Fsp3) is 0.129. The minimum absolute atomic E-state index is 0.688. The third-order valence-corrected chi connectivity index (χ3v) is 7.90. The number of hydrogen-bond acceptors (Lipinski definition) is 4. The standard InChI is InChI=1S/C31H29N4OS/c1-2-35-29-18-9-7-15-25(29)26-21-23(19-20-30(26)35)32-31-28(34-37(36)24-13-4-3-5-14-24)17-10-12-22-11-6-8-16-27(22)33-31/h3-9,11,13-21,34,36H,2,10,12H2,1H3,(H,32,33)/q+1/b28-17+. The Bertz CT molecular complexity index is 1640. The molecule has 3 N–H and O–H groups in total. The van der Waals surface area contributed by atoms with Crippen LogP contribution in [-0.2, 0) is 24.3 Å². The second-order valence-corrected chi connectivity index (χ2v) is 10.3. The lowest BCUT2D eigenvalue weighted by atomic mass is 10.1. The molecule has 37 heavy (non-hydrogen) atoms. The fourth-order valence-corrected chi connectivity index (χ4v) is 5.91. The maximum absolute atomic E-state index is 11.0. The molecular weight excluding hydrogens is 476 g/mol. The highest BCUT2D eigenvalue weighted by Gasteiger charge is 2.25. The van der Waals surface area contributed by atoms with Crippen LogP contribution in [0.3, 0.4) is 0 Å². The number of amidine groups is 1. The van der Waals surface area contributed by atoms with E-state index in [1.54, 1.807) is 0 Å². The van der Waals surface area contributed by atoms with Crippen molar-refractivity contribution in [1.29, 1.82) is 0 Å². The molecule has 1 aliphatic rings. The van der Waals surface area contributed by atoms with Crippen LogP contribution in [0.25, 0.3) is 21.8 Å². The van der Waals surface area contributed by atoms with Gasteiger partial charge in [0, 0.05) is 34.0 Å². The van der Waals surface area contributed by atoms with Crippen molar-refractivity contribution in [2.75, 3.05) is 5.32 Å². The molecule has 0 aliphatic carbocycles. The lowest BCUT2D eigenvalue weighted by molar-refractivity contribution is 0.631. The predicted molar refractivity (Wildman–Crippen MR) is 157 cm³/mol. The van der Waals surface area contributed by atoms with Gasteiger partial charge < -0.3 is 9.88 Å². The first-order valence-corrected chi connectivity index (χ1v) is 13.8. The van der Waals surface area contributed by atoms with Crippen LogP contribution in [0.15, 0.2) is 119 Å². The number of allylic oxidation sites excluding steroid dienone is 1. The summed E-state index contributed by atoms with van der Waals surface area (Å²) in [6.45, 7) is 3.09. The lowest BCUT2D eigenvalue weighted by Crippen LogP contribution is -2.31. The summed E-state index contributed by atoms with van der Waals surface area (Å²) in [6.07, 6.45) is 3.86. The zero-order chi connectivity index (χ0) is 25.2. The molecule has 0 fully saturated rings. The third kappa shape index (κ3) is 4.61. The van der Waals surface area contributed by atoms with Gasteiger partial charge in [-0.05, 0) is 67.8 Å². The Kier molecular flexibility index (Phi) is 6.43. The first-order chi connectivity index (χ1) is 18.2. The third-order valence-electron chi connectivity index (χ3n) is 6.77. The zero-order valence-electron chi connectivity index (χ0n) is 20.7. The van der Waals surface area contributed by atoms with Crippen molar-refractivity contribution in [3.8, 4) is 0 Å². The highest BCUT2D eigenvalue weighted by Crippen LogP contribution is 2.32. The molecule has 0 radical (unpaired) electrons. The average Bonchev–Trinajstić information content (AvgIpc) is 3.25. The molecule has 6 rings (SSSR count). The lowest BCUT2D eigenvalue weighted by Gasteiger charge is -2.17. The van der Waals surface area contributed by atoms with Gasteiger partial charge in [0.25, 0.3) is 0 Å². The normalized spacial score (nSPS) is 15.7. The van der Waals surface area contributed by atoms with Gasteiger partial charge in [-0.15, -0.1) is 0 Å². The summed E-state index contributed by atoms with van der Waals surface area (Å²) >= 11 is -1.16. The fourth-order valence-electron chi connectivity index (χ4n) is 4.99. The molecule has 184 valence electrons. The van der Waals surface area contributed by atoms with E-state index < -0.39 is 11.4 Å². The van der Waals surface area contributed by atoms with E-state index in [1.165, 1.54) is 27.4 Å². The Morgan fingerprint density at radius 2 is 1.62 bits per heavy atom. The van der Waals surface area contributed by atoms with Crippen molar-refractivity contribution in [3.63, 3.8) is 0 Å². The number of rotatable bonds is 5. The summed E-state index contributed by atoms with van der Waals surface area (Å²) in [7, 11) is 0. The van der Waals surface area contributed by atoms with Crippen LogP contribution < -0.4 is 10.0 Å². The van der Waals surface area contributed by atoms with E-state index in [4.69, 9.17) is 4.99 Å². The Morgan fingerprint density at radius 1 is 0.865 bits per heavy atom. The number of nitrogens with zero attached hydrogens (tertiary/aromatic N) is 2. The molecule has 6 heteroatoms. The number of benzene rings is 4. The molecule has 5 nitrogen and oxygen atoms in total. The van der Waals surface area contributed by atoms with Crippen molar-refractivity contribution < 1.29 is 4.55 Å². The number of aryl methyl sites for hydroxylation is 2. The number of anilines is 1. The molecule has 0 amide bonds. The topological polar surface area (TPSA) is 61.6 Å². The Labute approximate surface area is 219 Å². The quantitative estimate of drug-likeness (QED) is 0.218. The van der Waals surface area contributed by atoms with Gasteiger partial charge in [0.1, 0.15) is 5.70 Å². The first kappa shape index (κ1) is 23.4. The van der Waals surface area contributed by atoms with Crippen LogP contribution >= 0.6 is 0 Å². The van der Waals surface area contributed by atoms with Crippen molar-refractivity contribution >= 4 is 50.4 Å². The molecule has 4 aromatic carbocycles. The van der Waals surface area contributed by atoms with Gasteiger partial charge in [-0.25, -0.2) is 4.99 Å². The van der Waals surface area contributed by atoms with Gasteiger partial charge in [-0.3, -0.25) is 0 Å². The molecule has 1 aliphatic heterocycles. The summed E-state index contributed by atoms with van der Waals surface area (Å²) in [5.74, 6) is 0.688. The number of nitrogens with one attached hydrogen (secondary N) is 2. The highest BCUT2D eigenvalue weighted by atomic mass is 32.2.